The molecule has 0 spiro atoms. The van der Waals surface area contributed by atoms with Crippen LogP contribution in [0.15, 0.2) is 79.0 Å². The molecule has 9 heteroatoms. The zero-order valence-electron chi connectivity index (χ0n) is 25.7. The van der Waals surface area contributed by atoms with E-state index in [4.69, 9.17) is 33.0 Å². The quantitative estimate of drug-likeness (QED) is 0.160. The number of carbonyl (C=O) groups excluding carboxylic acids is 1. The lowest BCUT2D eigenvalue weighted by atomic mass is 9.96. The van der Waals surface area contributed by atoms with Crippen molar-refractivity contribution in [3.63, 3.8) is 0 Å². The first-order chi connectivity index (χ1) is 21.8. The summed E-state index contributed by atoms with van der Waals surface area (Å²) >= 11 is 13.9. The van der Waals surface area contributed by atoms with Gasteiger partial charge in [-0.3, -0.25) is 9.48 Å². The van der Waals surface area contributed by atoms with Crippen LogP contribution in [-0.2, 0) is 24.4 Å². The van der Waals surface area contributed by atoms with Crippen LogP contribution in [0.25, 0.3) is 33.2 Å². The Labute approximate surface area is 274 Å². The normalized spacial score (nSPS) is 14.8. The number of amides is 1. The molecule has 1 unspecified atom stereocenters. The molecule has 5 aromatic rings. The van der Waals surface area contributed by atoms with Gasteiger partial charge in [-0.05, 0) is 61.0 Å². The summed E-state index contributed by atoms with van der Waals surface area (Å²) in [5, 5.41) is 13.6. The van der Waals surface area contributed by atoms with Gasteiger partial charge in [0.05, 0.1) is 30.4 Å². The molecule has 232 valence electrons. The lowest BCUT2D eigenvalue weighted by molar-refractivity contribution is -0.119. The van der Waals surface area contributed by atoms with E-state index in [0.29, 0.717) is 23.0 Å². The Hall–Kier alpha value is -3.88. The molecule has 0 aliphatic carbocycles. The predicted octanol–water partition coefficient (Wildman–Crippen LogP) is 7.16. The first kappa shape index (κ1) is 31.1. The molecule has 6 rings (SSSR count). The zero-order chi connectivity index (χ0) is 31.5. The van der Waals surface area contributed by atoms with E-state index in [1.165, 1.54) is 5.56 Å². The highest BCUT2D eigenvalue weighted by Crippen LogP contribution is 2.39. The van der Waals surface area contributed by atoms with E-state index in [9.17, 15) is 4.79 Å². The average Bonchev–Trinajstić information content (AvgIpc) is 3.64. The number of nitrogens with zero attached hydrogens (tertiary/aromatic N) is 3. The molecule has 0 saturated carbocycles. The van der Waals surface area contributed by atoms with Crippen molar-refractivity contribution >= 4 is 40.0 Å². The number of halogens is 2. The van der Waals surface area contributed by atoms with Gasteiger partial charge in [0, 0.05) is 59.2 Å². The molecule has 4 aromatic carbocycles. The maximum Gasteiger partial charge on any atom is 0.220 e. The third-order valence-corrected chi connectivity index (χ3v) is 9.06. The Morgan fingerprint density at radius 2 is 1.76 bits per heavy atom. The largest absolute Gasteiger partial charge is 0.496 e. The van der Waals surface area contributed by atoms with Gasteiger partial charge in [-0.15, -0.1) is 0 Å². The summed E-state index contributed by atoms with van der Waals surface area (Å²) in [5.74, 6) is 0.954. The molecular formula is C36H37Cl2N5O2. The second kappa shape index (κ2) is 13.6. The lowest BCUT2D eigenvalue weighted by Gasteiger charge is -2.16. The van der Waals surface area contributed by atoms with Crippen LogP contribution in [-0.4, -0.2) is 54.4 Å². The SMILES string of the molecule is COc1cc(Cn2ncc3c(-c4cccc(-c5ccc(CNCC6CCC(=O)N6)cc5)c4Cl)cccc32)c(Cl)cc1CN(C)C. The second-order valence-electron chi connectivity index (χ2n) is 11.8. The van der Waals surface area contributed by atoms with Gasteiger partial charge in [0.15, 0.2) is 0 Å². The molecule has 1 fully saturated rings. The van der Waals surface area contributed by atoms with Crippen LogP contribution in [0.2, 0.25) is 10.0 Å². The van der Waals surface area contributed by atoms with Crippen LogP contribution in [0.1, 0.15) is 29.5 Å². The van der Waals surface area contributed by atoms with Crippen molar-refractivity contribution < 1.29 is 9.53 Å². The number of benzene rings is 4. The van der Waals surface area contributed by atoms with Crippen LogP contribution >= 0.6 is 23.2 Å². The minimum absolute atomic E-state index is 0.141. The summed E-state index contributed by atoms with van der Waals surface area (Å²) in [6.45, 7) is 2.76. The van der Waals surface area contributed by atoms with Crippen molar-refractivity contribution in [1.82, 2.24) is 25.3 Å². The Balaban J connectivity index is 1.23. The number of rotatable bonds is 11. The van der Waals surface area contributed by atoms with Crippen LogP contribution in [0, 0.1) is 0 Å². The third-order valence-electron chi connectivity index (χ3n) is 8.30. The van der Waals surface area contributed by atoms with Gasteiger partial charge in [0.2, 0.25) is 5.91 Å². The van der Waals surface area contributed by atoms with Crippen LogP contribution in [0.3, 0.4) is 0 Å². The fourth-order valence-corrected chi connectivity index (χ4v) is 6.61. The maximum atomic E-state index is 11.4. The predicted molar refractivity (Wildman–Crippen MR) is 183 cm³/mol. The van der Waals surface area contributed by atoms with Crippen LogP contribution in [0.4, 0.5) is 0 Å². The van der Waals surface area contributed by atoms with E-state index in [1.54, 1.807) is 7.11 Å². The van der Waals surface area contributed by atoms with Crippen LogP contribution in [0.5, 0.6) is 5.75 Å². The Morgan fingerprint density at radius 3 is 2.49 bits per heavy atom. The molecule has 0 bridgehead atoms. The molecule has 2 heterocycles. The summed E-state index contributed by atoms with van der Waals surface area (Å²) in [6.07, 6.45) is 3.41. The molecule has 45 heavy (non-hydrogen) atoms. The highest BCUT2D eigenvalue weighted by Gasteiger charge is 2.20. The third kappa shape index (κ3) is 6.87. The van der Waals surface area contributed by atoms with Crippen molar-refractivity contribution in [2.24, 2.45) is 0 Å². The summed E-state index contributed by atoms with van der Waals surface area (Å²) in [5.41, 5.74) is 8.16. The van der Waals surface area contributed by atoms with Gasteiger partial charge in [0.25, 0.3) is 0 Å². The summed E-state index contributed by atoms with van der Waals surface area (Å²) in [6, 6.07) is 25.0. The standard InChI is InChI=1S/C36H37Cl2N5O2/c1-42(2)21-26-16-32(37)25(17-34(26)45-3)22-43-33-9-5-7-29(31(33)20-40-43)30-8-4-6-28(36(30)38)24-12-10-23(11-13-24)18-39-19-27-14-15-35(44)41-27/h4-13,16-17,20,27,39H,14-15,18-19,21-22H2,1-3H3,(H,41,44). The second-order valence-corrected chi connectivity index (χ2v) is 12.6. The van der Waals surface area contributed by atoms with Crippen molar-refractivity contribution in [3.8, 4) is 28.0 Å². The van der Waals surface area contributed by atoms with Crippen molar-refractivity contribution in [3.05, 3.63) is 106 Å². The Kier molecular flexibility index (Phi) is 9.42. The number of hydrogen-bond donors (Lipinski definition) is 2. The molecule has 7 nitrogen and oxygen atoms in total. The summed E-state index contributed by atoms with van der Waals surface area (Å²) in [7, 11) is 5.73. The average molecular weight is 643 g/mol. The Bertz CT molecular complexity index is 1830. The summed E-state index contributed by atoms with van der Waals surface area (Å²) in [4.78, 5) is 13.5. The monoisotopic (exact) mass is 641 g/mol. The van der Waals surface area contributed by atoms with E-state index in [1.807, 2.05) is 49.2 Å². The van der Waals surface area contributed by atoms with Gasteiger partial charge in [-0.2, -0.15) is 5.10 Å². The van der Waals surface area contributed by atoms with Gasteiger partial charge < -0.3 is 20.3 Å². The van der Waals surface area contributed by atoms with E-state index in [0.717, 1.165) is 76.1 Å². The highest BCUT2D eigenvalue weighted by molar-refractivity contribution is 6.36. The van der Waals surface area contributed by atoms with Gasteiger partial charge in [-0.1, -0.05) is 77.8 Å². The minimum atomic E-state index is 0.141. The number of aromatic nitrogens is 2. The molecule has 1 aliphatic rings. The number of carbonyl (C=O) groups is 1. The van der Waals surface area contributed by atoms with Crippen LogP contribution < -0.4 is 15.4 Å². The Morgan fingerprint density at radius 1 is 1.00 bits per heavy atom. The van der Waals surface area contributed by atoms with E-state index in [-0.39, 0.29) is 11.9 Å². The molecule has 2 N–H and O–H groups in total. The smallest absolute Gasteiger partial charge is 0.220 e. The maximum absolute atomic E-state index is 11.4. The van der Waals surface area contributed by atoms with E-state index in [2.05, 4.69) is 64.1 Å². The number of methoxy groups -OCH3 is 1. The number of hydrogen-bond acceptors (Lipinski definition) is 5. The minimum Gasteiger partial charge on any atom is -0.496 e. The van der Waals surface area contributed by atoms with E-state index >= 15 is 0 Å². The van der Waals surface area contributed by atoms with E-state index < -0.39 is 0 Å². The highest BCUT2D eigenvalue weighted by atomic mass is 35.5. The van der Waals surface area contributed by atoms with Gasteiger partial charge in [-0.25, -0.2) is 0 Å². The number of fused-ring (bicyclic) bond motifs is 1. The number of ether oxygens (including phenoxy) is 1. The molecule has 1 saturated heterocycles. The molecule has 1 atom stereocenters. The van der Waals surface area contributed by atoms with Crippen molar-refractivity contribution in [1.29, 1.82) is 0 Å². The fraction of sp³-hybridized carbons (Fsp3) is 0.278. The number of nitrogens with one attached hydrogen (secondary N) is 2. The zero-order valence-corrected chi connectivity index (χ0v) is 27.3. The van der Waals surface area contributed by atoms with Gasteiger partial charge >= 0.3 is 0 Å². The molecule has 1 amide bonds. The van der Waals surface area contributed by atoms with Gasteiger partial charge in [0.1, 0.15) is 5.75 Å². The summed E-state index contributed by atoms with van der Waals surface area (Å²) < 4.78 is 7.66. The van der Waals surface area contributed by atoms with Crippen molar-refractivity contribution in [2.75, 3.05) is 27.7 Å². The molecule has 0 radical (unpaired) electrons. The first-order valence-corrected chi connectivity index (χ1v) is 15.9. The first-order valence-electron chi connectivity index (χ1n) is 15.1. The fourth-order valence-electron chi connectivity index (χ4n) is 6.02. The molecule has 1 aliphatic heterocycles. The topological polar surface area (TPSA) is 71.4 Å². The van der Waals surface area contributed by atoms with Crippen molar-refractivity contribution in [2.45, 2.75) is 38.5 Å². The molecular weight excluding hydrogens is 605 g/mol. The lowest BCUT2D eigenvalue weighted by Crippen LogP contribution is -2.35. The molecule has 1 aromatic heterocycles.